The smallest absolute Gasteiger partial charge is 0.305 e. The van der Waals surface area contributed by atoms with Crippen molar-refractivity contribution in [2.24, 2.45) is 0 Å². The van der Waals surface area contributed by atoms with E-state index < -0.39 is 0 Å². The summed E-state index contributed by atoms with van der Waals surface area (Å²) >= 11 is 11.8. The molecule has 0 aliphatic carbocycles. The Kier molecular flexibility index (Phi) is 7.09. The minimum Gasteiger partial charge on any atom is -0.466 e. The van der Waals surface area contributed by atoms with Crippen LogP contribution in [0.25, 0.3) is 0 Å². The van der Waals surface area contributed by atoms with E-state index in [1.807, 2.05) is 12.1 Å². The Bertz CT molecular complexity index is 397. The van der Waals surface area contributed by atoms with Crippen molar-refractivity contribution >= 4 is 29.2 Å². The lowest BCUT2D eigenvalue weighted by molar-refractivity contribution is -0.143. The van der Waals surface area contributed by atoms with Crippen LogP contribution < -0.4 is 5.32 Å². The lowest BCUT2D eigenvalue weighted by Crippen LogP contribution is -2.16. The number of carbonyl (C=O) groups excluding carboxylic acids is 1. The number of halogens is 2. The van der Waals surface area contributed by atoms with Crippen LogP contribution in [0.4, 0.5) is 0 Å². The second-order valence-electron chi connectivity index (χ2n) is 3.82. The molecule has 100 valence electrons. The van der Waals surface area contributed by atoms with Crippen molar-refractivity contribution in [3.63, 3.8) is 0 Å². The summed E-state index contributed by atoms with van der Waals surface area (Å²) in [6.45, 7) is 3.65. The molecule has 1 aromatic rings. The van der Waals surface area contributed by atoms with Gasteiger partial charge in [-0.25, -0.2) is 0 Å². The molecule has 0 unspecified atom stereocenters. The summed E-state index contributed by atoms with van der Waals surface area (Å²) < 4.78 is 4.84. The van der Waals surface area contributed by atoms with E-state index in [1.165, 1.54) is 0 Å². The quantitative estimate of drug-likeness (QED) is 0.617. The predicted octanol–water partition coefficient (Wildman–Crippen LogP) is 3.43. The van der Waals surface area contributed by atoms with Gasteiger partial charge in [-0.3, -0.25) is 4.79 Å². The van der Waals surface area contributed by atoms with Gasteiger partial charge >= 0.3 is 5.97 Å². The van der Waals surface area contributed by atoms with Gasteiger partial charge in [0.05, 0.1) is 6.61 Å². The number of rotatable bonds is 7. The summed E-state index contributed by atoms with van der Waals surface area (Å²) in [5.74, 6) is -0.149. The van der Waals surface area contributed by atoms with Crippen molar-refractivity contribution in [1.82, 2.24) is 5.32 Å². The van der Waals surface area contributed by atoms with Gasteiger partial charge in [0.2, 0.25) is 0 Å². The summed E-state index contributed by atoms with van der Waals surface area (Å²) in [6.07, 6.45) is 1.19. The molecule has 1 N–H and O–H groups in total. The topological polar surface area (TPSA) is 38.3 Å². The molecule has 0 heterocycles. The first kappa shape index (κ1) is 15.3. The van der Waals surface area contributed by atoms with Gasteiger partial charge in [0.25, 0.3) is 0 Å². The SMILES string of the molecule is CCOC(=O)CCCNCc1ccc(Cl)cc1Cl. The molecule has 0 aromatic heterocycles. The monoisotopic (exact) mass is 289 g/mol. The number of benzene rings is 1. The fourth-order valence-corrected chi connectivity index (χ4v) is 1.95. The molecule has 0 bridgehead atoms. The van der Waals surface area contributed by atoms with Gasteiger partial charge < -0.3 is 10.1 Å². The van der Waals surface area contributed by atoms with E-state index in [1.54, 1.807) is 13.0 Å². The first-order chi connectivity index (χ1) is 8.63. The Morgan fingerprint density at radius 2 is 2.17 bits per heavy atom. The van der Waals surface area contributed by atoms with E-state index in [0.29, 0.717) is 29.6 Å². The molecule has 0 aliphatic heterocycles. The Hall–Kier alpha value is -0.770. The highest BCUT2D eigenvalue weighted by atomic mass is 35.5. The Balaban J connectivity index is 2.20. The first-order valence-electron chi connectivity index (χ1n) is 5.93. The molecule has 1 aromatic carbocycles. The number of ether oxygens (including phenoxy) is 1. The normalized spacial score (nSPS) is 10.4. The summed E-state index contributed by atoms with van der Waals surface area (Å²) in [5, 5.41) is 4.51. The second kappa shape index (κ2) is 8.35. The van der Waals surface area contributed by atoms with E-state index in [4.69, 9.17) is 27.9 Å². The van der Waals surface area contributed by atoms with Gasteiger partial charge in [-0.05, 0) is 37.6 Å². The lowest BCUT2D eigenvalue weighted by Gasteiger charge is -2.07. The summed E-state index contributed by atoms with van der Waals surface area (Å²) in [4.78, 5) is 11.1. The minimum atomic E-state index is -0.149. The van der Waals surface area contributed by atoms with E-state index in [0.717, 1.165) is 18.5 Å². The van der Waals surface area contributed by atoms with Crippen LogP contribution in [0.15, 0.2) is 18.2 Å². The summed E-state index contributed by atoms with van der Waals surface area (Å²) in [5.41, 5.74) is 0.997. The molecule has 0 saturated heterocycles. The van der Waals surface area contributed by atoms with Crippen molar-refractivity contribution in [1.29, 1.82) is 0 Å². The molecular formula is C13H17Cl2NO2. The van der Waals surface area contributed by atoms with Gasteiger partial charge in [0.1, 0.15) is 0 Å². The molecule has 1 rings (SSSR count). The van der Waals surface area contributed by atoms with Gasteiger partial charge in [-0.1, -0.05) is 29.3 Å². The average molecular weight is 290 g/mol. The molecule has 0 saturated carbocycles. The summed E-state index contributed by atoms with van der Waals surface area (Å²) in [7, 11) is 0. The van der Waals surface area contributed by atoms with Crippen molar-refractivity contribution in [2.75, 3.05) is 13.2 Å². The van der Waals surface area contributed by atoms with E-state index in [2.05, 4.69) is 5.32 Å². The van der Waals surface area contributed by atoms with Crippen LogP contribution in [0.1, 0.15) is 25.3 Å². The third kappa shape index (κ3) is 5.71. The van der Waals surface area contributed by atoms with Crippen LogP contribution >= 0.6 is 23.2 Å². The standard InChI is InChI=1S/C13H17Cl2NO2/c1-2-18-13(17)4-3-7-16-9-10-5-6-11(14)8-12(10)15/h5-6,8,16H,2-4,7,9H2,1H3. The van der Waals surface area contributed by atoms with Crippen molar-refractivity contribution in [2.45, 2.75) is 26.3 Å². The average Bonchev–Trinajstić information content (AvgIpc) is 2.31. The fourth-order valence-electron chi connectivity index (χ4n) is 1.48. The fraction of sp³-hybridized carbons (Fsp3) is 0.462. The first-order valence-corrected chi connectivity index (χ1v) is 6.69. The largest absolute Gasteiger partial charge is 0.466 e. The highest BCUT2D eigenvalue weighted by Crippen LogP contribution is 2.20. The number of carbonyl (C=O) groups is 1. The van der Waals surface area contributed by atoms with Crippen LogP contribution in [-0.4, -0.2) is 19.1 Å². The summed E-state index contributed by atoms with van der Waals surface area (Å²) in [6, 6.07) is 5.42. The van der Waals surface area contributed by atoms with E-state index in [9.17, 15) is 4.79 Å². The second-order valence-corrected chi connectivity index (χ2v) is 4.66. The van der Waals surface area contributed by atoms with Crippen LogP contribution in [0.5, 0.6) is 0 Å². The number of hydrogen-bond acceptors (Lipinski definition) is 3. The minimum absolute atomic E-state index is 0.149. The molecule has 5 heteroatoms. The van der Waals surface area contributed by atoms with Gasteiger partial charge in [-0.2, -0.15) is 0 Å². The van der Waals surface area contributed by atoms with Crippen LogP contribution in [0, 0.1) is 0 Å². The van der Waals surface area contributed by atoms with Crippen molar-refractivity contribution in [3.05, 3.63) is 33.8 Å². The predicted molar refractivity (Wildman–Crippen MR) is 74.0 cm³/mol. The Morgan fingerprint density at radius 1 is 1.39 bits per heavy atom. The highest BCUT2D eigenvalue weighted by Gasteiger charge is 2.02. The molecule has 0 aliphatic rings. The number of esters is 1. The number of hydrogen-bond donors (Lipinski definition) is 1. The van der Waals surface area contributed by atoms with Crippen LogP contribution in [0.2, 0.25) is 10.0 Å². The molecule has 0 fully saturated rings. The molecule has 3 nitrogen and oxygen atoms in total. The Morgan fingerprint density at radius 3 is 2.83 bits per heavy atom. The third-order valence-electron chi connectivity index (χ3n) is 2.37. The molecule has 18 heavy (non-hydrogen) atoms. The van der Waals surface area contributed by atoms with Gasteiger partial charge in [0.15, 0.2) is 0 Å². The lowest BCUT2D eigenvalue weighted by atomic mass is 10.2. The zero-order valence-corrected chi connectivity index (χ0v) is 11.9. The highest BCUT2D eigenvalue weighted by molar-refractivity contribution is 6.35. The maximum Gasteiger partial charge on any atom is 0.305 e. The molecule has 0 atom stereocenters. The Labute approximate surface area is 117 Å². The zero-order valence-electron chi connectivity index (χ0n) is 10.3. The molecular weight excluding hydrogens is 273 g/mol. The third-order valence-corrected chi connectivity index (χ3v) is 2.96. The zero-order chi connectivity index (χ0) is 13.4. The van der Waals surface area contributed by atoms with Crippen LogP contribution in [-0.2, 0) is 16.1 Å². The maximum absolute atomic E-state index is 11.1. The van der Waals surface area contributed by atoms with E-state index >= 15 is 0 Å². The molecule has 0 spiro atoms. The maximum atomic E-state index is 11.1. The van der Waals surface area contributed by atoms with Crippen LogP contribution in [0.3, 0.4) is 0 Å². The molecule has 0 amide bonds. The van der Waals surface area contributed by atoms with Crippen molar-refractivity contribution < 1.29 is 9.53 Å². The molecule has 0 radical (unpaired) electrons. The number of nitrogens with one attached hydrogen (secondary N) is 1. The van der Waals surface area contributed by atoms with Gasteiger partial charge in [0, 0.05) is 23.0 Å². The van der Waals surface area contributed by atoms with Gasteiger partial charge in [-0.15, -0.1) is 0 Å². The van der Waals surface area contributed by atoms with E-state index in [-0.39, 0.29) is 5.97 Å². The van der Waals surface area contributed by atoms with Crippen molar-refractivity contribution in [3.8, 4) is 0 Å².